The van der Waals surface area contributed by atoms with Gasteiger partial charge in [0.05, 0.1) is 24.2 Å². The SMILES string of the molecule is C=CC(=O)Nc1cc(Nc2nccc(OC3CN(CCF)C3)n2)c(OC)cc1N(C)CCN(C)C. The minimum Gasteiger partial charge on any atom is -0.494 e. The van der Waals surface area contributed by atoms with Gasteiger partial charge in [0, 0.05) is 58.1 Å². The second-order valence-electron chi connectivity index (χ2n) is 8.52. The lowest BCUT2D eigenvalue weighted by molar-refractivity contribution is -0.111. The van der Waals surface area contributed by atoms with E-state index < -0.39 is 0 Å². The Balaban J connectivity index is 1.81. The van der Waals surface area contributed by atoms with Crippen LogP contribution < -0.4 is 25.0 Å². The van der Waals surface area contributed by atoms with Crippen LogP contribution in [0.1, 0.15) is 0 Å². The lowest BCUT2D eigenvalue weighted by Crippen LogP contribution is -2.54. The summed E-state index contributed by atoms with van der Waals surface area (Å²) in [5, 5.41) is 6.03. The van der Waals surface area contributed by atoms with Crippen LogP contribution >= 0.6 is 0 Å². The molecule has 0 spiro atoms. The van der Waals surface area contributed by atoms with Gasteiger partial charge in [0.15, 0.2) is 0 Å². The van der Waals surface area contributed by atoms with Gasteiger partial charge in [-0.1, -0.05) is 6.58 Å². The summed E-state index contributed by atoms with van der Waals surface area (Å²) < 4.78 is 23.9. The van der Waals surface area contributed by atoms with Crippen molar-refractivity contribution in [2.75, 3.05) is 83.2 Å². The lowest BCUT2D eigenvalue weighted by atomic mass is 10.2. The molecule has 1 aromatic carbocycles. The molecule has 2 N–H and O–H groups in total. The second kappa shape index (κ2) is 12.3. The smallest absolute Gasteiger partial charge is 0.247 e. The number of ether oxygens (including phenoxy) is 2. The fourth-order valence-corrected chi connectivity index (χ4v) is 3.56. The van der Waals surface area contributed by atoms with Crippen molar-refractivity contribution < 1.29 is 18.7 Å². The number of carbonyl (C=O) groups excluding carboxylic acids is 1. The van der Waals surface area contributed by atoms with Crippen molar-refractivity contribution in [1.82, 2.24) is 19.8 Å². The summed E-state index contributed by atoms with van der Waals surface area (Å²) in [6, 6.07) is 5.31. The Morgan fingerprint density at radius 1 is 1.29 bits per heavy atom. The number of carbonyl (C=O) groups is 1. The quantitative estimate of drug-likeness (QED) is 0.413. The van der Waals surface area contributed by atoms with E-state index in [1.807, 2.05) is 37.0 Å². The van der Waals surface area contributed by atoms with Crippen LogP contribution in [0.25, 0.3) is 0 Å². The van der Waals surface area contributed by atoms with E-state index in [4.69, 9.17) is 9.47 Å². The Morgan fingerprint density at radius 2 is 2.06 bits per heavy atom. The molecule has 1 fully saturated rings. The van der Waals surface area contributed by atoms with E-state index in [1.165, 1.54) is 6.08 Å². The number of halogens is 1. The molecule has 35 heavy (non-hydrogen) atoms. The minimum absolute atomic E-state index is 0.0310. The molecule has 0 aliphatic carbocycles. The molecule has 0 unspecified atom stereocenters. The van der Waals surface area contributed by atoms with Gasteiger partial charge in [0.25, 0.3) is 0 Å². The van der Waals surface area contributed by atoms with Gasteiger partial charge in [0.2, 0.25) is 17.7 Å². The number of aromatic nitrogens is 2. The Kier molecular flexibility index (Phi) is 9.21. The monoisotopic (exact) mass is 487 g/mol. The normalized spacial score (nSPS) is 13.8. The Hall–Kier alpha value is -3.44. The van der Waals surface area contributed by atoms with Gasteiger partial charge in [-0.25, -0.2) is 9.37 Å². The number of nitrogens with one attached hydrogen (secondary N) is 2. The number of hydrogen-bond acceptors (Lipinski definition) is 9. The fraction of sp³-hybridized carbons (Fsp3) is 0.458. The van der Waals surface area contributed by atoms with Crippen LogP contribution in [0.2, 0.25) is 0 Å². The van der Waals surface area contributed by atoms with Crippen LogP contribution in [0.5, 0.6) is 11.6 Å². The number of rotatable bonds is 13. The molecule has 2 aromatic rings. The van der Waals surface area contributed by atoms with E-state index in [0.717, 1.165) is 18.8 Å². The number of alkyl halides is 1. The number of amides is 1. The first-order valence-electron chi connectivity index (χ1n) is 11.4. The van der Waals surface area contributed by atoms with Gasteiger partial charge < -0.3 is 29.9 Å². The van der Waals surface area contributed by atoms with E-state index in [9.17, 15) is 9.18 Å². The van der Waals surface area contributed by atoms with Gasteiger partial charge in [-0.3, -0.25) is 9.69 Å². The van der Waals surface area contributed by atoms with Gasteiger partial charge in [-0.2, -0.15) is 4.98 Å². The van der Waals surface area contributed by atoms with Crippen molar-refractivity contribution in [1.29, 1.82) is 0 Å². The average molecular weight is 488 g/mol. The van der Waals surface area contributed by atoms with Crippen LogP contribution in [0.15, 0.2) is 37.1 Å². The zero-order valence-electron chi connectivity index (χ0n) is 20.8. The first-order chi connectivity index (χ1) is 16.8. The van der Waals surface area contributed by atoms with Crippen molar-refractivity contribution in [3.63, 3.8) is 0 Å². The van der Waals surface area contributed by atoms with Gasteiger partial charge in [-0.15, -0.1) is 0 Å². The molecule has 0 atom stereocenters. The summed E-state index contributed by atoms with van der Waals surface area (Å²) in [6.07, 6.45) is 2.79. The summed E-state index contributed by atoms with van der Waals surface area (Å²) in [4.78, 5) is 26.9. The predicted molar refractivity (Wildman–Crippen MR) is 136 cm³/mol. The standard InChI is InChI=1S/C24H34FN7O3/c1-6-22(33)27-18-13-19(21(34-5)14-20(18)31(4)12-11-30(2)3)28-24-26-9-7-23(29-24)35-17-15-32(16-17)10-8-25/h6-7,9,13-14,17H,1,8,10-12,15-16H2,2-5H3,(H,27,33)(H,26,28,29). The highest BCUT2D eigenvalue weighted by Crippen LogP contribution is 2.38. The molecule has 3 rings (SSSR count). The van der Waals surface area contributed by atoms with Crippen LogP contribution in [0.4, 0.5) is 27.4 Å². The Morgan fingerprint density at radius 3 is 2.71 bits per heavy atom. The highest BCUT2D eigenvalue weighted by Gasteiger charge is 2.28. The molecule has 1 aliphatic heterocycles. The summed E-state index contributed by atoms with van der Waals surface area (Å²) >= 11 is 0. The number of methoxy groups -OCH3 is 1. The second-order valence-corrected chi connectivity index (χ2v) is 8.52. The van der Waals surface area contributed by atoms with E-state index in [1.54, 1.807) is 25.4 Å². The number of likely N-dealkylation sites (N-methyl/N-ethyl adjacent to an activating group) is 2. The molecular formula is C24H34FN7O3. The van der Waals surface area contributed by atoms with E-state index in [2.05, 4.69) is 32.1 Å². The van der Waals surface area contributed by atoms with E-state index in [-0.39, 0.29) is 18.7 Å². The molecule has 10 nitrogen and oxygen atoms in total. The van der Waals surface area contributed by atoms with Crippen LogP contribution in [-0.2, 0) is 4.79 Å². The predicted octanol–water partition coefficient (Wildman–Crippen LogP) is 2.38. The average Bonchev–Trinajstić information content (AvgIpc) is 2.81. The highest BCUT2D eigenvalue weighted by molar-refractivity contribution is 6.02. The number of benzene rings is 1. The number of anilines is 4. The Labute approximate surface area is 205 Å². The molecule has 0 radical (unpaired) electrons. The first-order valence-corrected chi connectivity index (χ1v) is 11.4. The molecule has 11 heteroatoms. The van der Waals surface area contributed by atoms with Crippen LogP contribution in [0.3, 0.4) is 0 Å². The zero-order valence-corrected chi connectivity index (χ0v) is 20.8. The zero-order chi connectivity index (χ0) is 25.4. The molecule has 0 saturated carbocycles. The summed E-state index contributed by atoms with van der Waals surface area (Å²) in [5.74, 6) is 0.975. The van der Waals surface area contributed by atoms with Crippen molar-refractivity contribution in [3.8, 4) is 11.6 Å². The van der Waals surface area contributed by atoms with Crippen LogP contribution in [0, 0.1) is 0 Å². The number of likely N-dealkylation sites (tertiary alicyclic amines) is 1. The third kappa shape index (κ3) is 7.27. The Bertz CT molecular complexity index is 1010. The third-order valence-electron chi connectivity index (χ3n) is 5.54. The molecule has 1 saturated heterocycles. The van der Waals surface area contributed by atoms with Crippen molar-refractivity contribution >= 4 is 28.9 Å². The maximum Gasteiger partial charge on any atom is 0.247 e. The maximum absolute atomic E-state index is 12.4. The molecular weight excluding hydrogens is 453 g/mol. The maximum atomic E-state index is 12.4. The van der Waals surface area contributed by atoms with E-state index >= 15 is 0 Å². The molecule has 190 valence electrons. The summed E-state index contributed by atoms with van der Waals surface area (Å²) in [5.41, 5.74) is 1.96. The number of hydrogen-bond donors (Lipinski definition) is 2. The van der Waals surface area contributed by atoms with Gasteiger partial charge >= 0.3 is 0 Å². The third-order valence-corrected chi connectivity index (χ3v) is 5.54. The highest BCUT2D eigenvalue weighted by atomic mass is 19.1. The van der Waals surface area contributed by atoms with Crippen LogP contribution in [-0.4, -0.2) is 99.4 Å². The molecule has 2 heterocycles. The summed E-state index contributed by atoms with van der Waals surface area (Å²) in [6.45, 7) is 6.51. The minimum atomic E-state index is -0.365. The van der Waals surface area contributed by atoms with E-state index in [0.29, 0.717) is 48.6 Å². The fourth-order valence-electron chi connectivity index (χ4n) is 3.56. The summed E-state index contributed by atoms with van der Waals surface area (Å²) in [7, 11) is 7.54. The van der Waals surface area contributed by atoms with Gasteiger partial charge in [0.1, 0.15) is 18.5 Å². The van der Waals surface area contributed by atoms with Crippen molar-refractivity contribution in [2.45, 2.75) is 6.10 Å². The topological polar surface area (TPSA) is 95.1 Å². The molecule has 1 amide bonds. The molecule has 1 aliphatic rings. The number of nitrogens with zero attached hydrogens (tertiary/aromatic N) is 5. The largest absolute Gasteiger partial charge is 0.494 e. The molecule has 0 bridgehead atoms. The first kappa shape index (κ1) is 26.2. The van der Waals surface area contributed by atoms with Crippen molar-refractivity contribution in [3.05, 3.63) is 37.1 Å². The lowest BCUT2D eigenvalue weighted by Gasteiger charge is -2.37. The molecule has 1 aromatic heterocycles. The van der Waals surface area contributed by atoms with Crippen molar-refractivity contribution in [2.24, 2.45) is 0 Å². The van der Waals surface area contributed by atoms with Gasteiger partial charge in [-0.05, 0) is 26.2 Å².